The number of nitrogens with two attached hydrogens (primary N) is 1. The lowest BCUT2D eigenvalue weighted by Crippen LogP contribution is -2.52. The van der Waals surface area contributed by atoms with E-state index in [4.69, 9.17) is 5.73 Å². The highest BCUT2D eigenvalue weighted by atomic mass is 16.2. The van der Waals surface area contributed by atoms with Crippen molar-refractivity contribution in [3.8, 4) is 0 Å². The molecule has 2 atom stereocenters. The summed E-state index contributed by atoms with van der Waals surface area (Å²) in [6.45, 7) is 7.13. The Labute approximate surface area is 96.1 Å². The third-order valence-electron chi connectivity index (χ3n) is 3.18. The van der Waals surface area contributed by atoms with Gasteiger partial charge in [0, 0.05) is 6.54 Å². The molecule has 0 aliphatic carbocycles. The maximum atomic E-state index is 12.0. The second-order valence-corrected chi connectivity index (χ2v) is 5.08. The van der Waals surface area contributed by atoms with Crippen LogP contribution < -0.4 is 16.4 Å². The number of hydrogen-bond acceptors (Lipinski definition) is 3. The molecule has 1 rings (SSSR count). The molecule has 16 heavy (non-hydrogen) atoms. The van der Waals surface area contributed by atoms with Crippen molar-refractivity contribution < 1.29 is 9.59 Å². The molecule has 1 fully saturated rings. The molecular formula is C11H21N3O2. The summed E-state index contributed by atoms with van der Waals surface area (Å²) in [5.41, 5.74) is 4.84. The summed E-state index contributed by atoms with van der Waals surface area (Å²) in [6.07, 6.45) is 0.794. The predicted octanol–water partition coefficient (Wildman–Crippen LogP) is -0.388. The monoisotopic (exact) mass is 227 g/mol. The molecule has 5 nitrogen and oxygen atoms in total. The van der Waals surface area contributed by atoms with Gasteiger partial charge < -0.3 is 16.4 Å². The fourth-order valence-electron chi connectivity index (χ4n) is 1.89. The van der Waals surface area contributed by atoms with E-state index >= 15 is 0 Å². The molecule has 0 bridgehead atoms. The summed E-state index contributed by atoms with van der Waals surface area (Å²) in [5.74, 6) is -0.549. The third-order valence-corrected chi connectivity index (χ3v) is 3.18. The van der Waals surface area contributed by atoms with Crippen LogP contribution in [0, 0.1) is 11.3 Å². The highest BCUT2D eigenvalue weighted by molar-refractivity contribution is 5.89. The quantitative estimate of drug-likeness (QED) is 0.611. The van der Waals surface area contributed by atoms with E-state index in [1.807, 2.05) is 20.8 Å². The van der Waals surface area contributed by atoms with Crippen molar-refractivity contribution in [2.75, 3.05) is 13.1 Å². The first-order valence-corrected chi connectivity index (χ1v) is 5.68. The Bertz CT molecular complexity index is 283. The van der Waals surface area contributed by atoms with E-state index in [2.05, 4.69) is 10.6 Å². The van der Waals surface area contributed by atoms with Gasteiger partial charge in [-0.25, -0.2) is 0 Å². The lowest BCUT2D eigenvalue weighted by Gasteiger charge is -2.26. The van der Waals surface area contributed by atoms with Crippen LogP contribution in [0.15, 0.2) is 0 Å². The molecule has 0 spiro atoms. The van der Waals surface area contributed by atoms with Crippen LogP contribution in [-0.2, 0) is 9.59 Å². The first-order chi connectivity index (χ1) is 7.37. The fourth-order valence-corrected chi connectivity index (χ4v) is 1.89. The Kier molecular flexibility index (Phi) is 3.91. The van der Waals surface area contributed by atoms with Gasteiger partial charge in [0.05, 0.1) is 5.41 Å². The average molecular weight is 227 g/mol. The van der Waals surface area contributed by atoms with Gasteiger partial charge in [-0.3, -0.25) is 9.59 Å². The predicted molar refractivity (Wildman–Crippen MR) is 61.6 cm³/mol. The minimum atomic E-state index is -0.579. The number of carbonyl (C=O) groups is 2. The summed E-state index contributed by atoms with van der Waals surface area (Å²) >= 11 is 0. The lowest BCUT2D eigenvalue weighted by molar-refractivity contribution is -0.133. The van der Waals surface area contributed by atoms with Crippen LogP contribution in [0.4, 0.5) is 0 Å². The summed E-state index contributed by atoms with van der Waals surface area (Å²) in [6, 6.07) is -0.579. The van der Waals surface area contributed by atoms with Crippen molar-refractivity contribution in [1.29, 1.82) is 0 Å². The standard InChI is InChI=1S/C11H21N3O2/c1-7(2)8(9(12)15)14-10(16)11(3)4-5-13-6-11/h7-8,13H,4-6H2,1-3H3,(H2,12,15)(H,14,16). The number of carbonyl (C=O) groups excluding carboxylic acids is 2. The number of primary amides is 1. The zero-order valence-corrected chi connectivity index (χ0v) is 10.2. The highest BCUT2D eigenvalue weighted by Crippen LogP contribution is 2.24. The van der Waals surface area contributed by atoms with Crippen LogP contribution in [0.2, 0.25) is 0 Å². The molecule has 1 aliphatic rings. The molecule has 0 aromatic carbocycles. The van der Waals surface area contributed by atoms with E-state index in [0.29, 0.717) is 6.54 Å². The van der Waals surface area contributed by atoms with Crippen LogP contribution in [0.1, 0.15) is 27.2 Å². The smallest absolute Gasteiger partial charge is 0.240 e. The van der Waals surface area contributed by atoms with Crippen LogP contribution in [0.25, 0.3) is 0 Å². The topological polar surface area (TPSA) is 84.2 Å². The molecule has 2 unspecified atom stereocenters. The molecule has 1 heterocycles. The molecule has 92 valence electrons. The van der Waals surface area contributed by atoms with Crippen LogP contribution in [-0.4, -0.2) is 30.9 Å². The van der Waals surface area contributed by atoms with Gasteiger partial charge in [-0.2, -0.15) is 0 Å². The van der Waals surface area contributed by atoms with Gasteiger partial charge in [-0.1, -0.05) is 13.8 Å². The van der Waals surface area contributed by atoms with E-state index in [9.17, 15) is 9.59 Å². The molecule has 4 N–H and O–H groups in total. The first kappa shape index (κ1) is 13.0. The molecule has 0 aromatic heterocycles. The van der Waals surface area contributed by atoms with E-state index < -0.39 is 17.4 Å². The number of rotatable bonds is 4. The number of nitrogens with one attached hydrogen (secondary N) is 2. The molecule has 2 amide bonds. The summed E-state index contributed by atoms with van der Waals surface area (Å²) in [4.78, 5) is 23.2. The number of hydrogen-bond donors (Lipinski definition) is 3. The van der Waals surface area contributed by atoms with E-state index in [0.717, 1.165) is 13.0 Å². The Morgan fingerprint density at radius 1 is 1.44 bits per heavy atom. The molecule has 1 aliphatic heterocycles. The van der Waals surface area contributed by atoms with Crippen molar-refractivity contribution in [1.82, 2.24) is 10.6 Å². The van der Waals surface area contributed by atoms with E-state index in [1.165, 1.54) is 0 Å². The highest BCUT2D eigenvalue weighted by Gasteiger charge is 2.38. The second-order valence-electron chi connectivity index (χ2n) is 5.08. The molecule has 0 aromatic rings. The molecule has 0 saturated carbocycles. The molecule has 1 saturated heterocycles. The molecule has 0 radical (unpaired) electrons. The van der Waals surface area contributed by atoms with Crippen molar-refractivity contribution in [2.24, 2.45) is 17.1 Å². The van der Waals surface area contributed by atoms with Gasteiger partial charge in [-0.15, -0.1) is 0 Å². The Morgan fingerprint density at radius 3 is 2.44 bits per heavy atom. The summed E-state index contributed by atoms with van der Waals surface area (Å²) in [5, 5.41) is 5.89. The van der Waals surface area contributed by atoms with Crippen molar-refractivity contribution in [3.63, 3.8) is 0 Å². The Morgan fingerprint density at radius 2 is 2.06 bits per heavy atom. The Hall–Kier alpha value is -1.10. The van der Waals surface area contributed by atoms with E-state index in [-0.39, 0.29) is 11.8 Å². The normalized spacial score (nSPS) is 26.8. The summed E-state index contributed by atoms with van der Waals surface area (Å²) in [7, 11) is 0. The summed E-state index contributed by atoms with van der Waals surface area (Å²) < 4.78 is 0. The first-order valence-electron chi connectivity index (χ1n) is 5.68. The minimum absolute atomic E-state index is 0.0133. The van der Waals surface area contributed by atoms with Gasteiger partial charge in [0.15, 0.2) is 0 Å². The zero-order chi connectivity index (χ0) is 12.3. The van der Waals surface area contributed by atoms with Crippen molar-refractivity contribution in [2.45, 2.75) is 33.2 Å². The minimum Gasteiger partial charge on any atom is -0.368 e. The number of amides is 2. The van der Waals surface area contributed by atoms with Crippen molar-refractivity contribution in [3.05, 3.63) is 0 Å². The maximum Gasteiger partial charge on any atom is 0.240 e. The average Bonchev–Trinajstić information content (AvgIpc) is 2.61. The Balaban J connectivity index is 2.65. The van der Waals surface area contributed by atoms with E-state index in [1.54, 1.807) is 0 Å². The largest absolute Gasteiger partial charge is 0.368 e. The third kappa shape index (κ3) is 2.72. The second kappa shape index (κ2) is 4.82. The molecular weight excluding hydrogens is 206 g/mol. The SMILES string of the molecule is CC(C)C(NC(=O)C1(C)CCNC1)C(N)=O. The van der Waals surface area contributed by atoms with Crippen LogP contribution in [0.3, 0.4) is 0 Å². The lowest BCUT2D eigenvalue weighted by atomic mass is 9.88. The van der Waals surface area contributed by atoms with Gasteiger partial charge in [0.2, 0.25) is 11.8 Å². The van der Waals surface area contributed by atoms with Crippen molar-refractivity contribution >= 4 is 11.8 Å². The molecule has 5 heteroatoms. The zero-order valence-electron chi connectivity index (χ0n) is 10.2. The van der Waals surface area contributed by atoms with Gasteiger partial charge in [0.25, 0.3) is 0 Å². The van der Waals surface area contributed by atoms with Gasteiger partial charge >= 0.3 is 0 Å². The van der Waals surface area contributed by atoms with Gasteiger partial charge in [0.1, 0.15) is 6.04 Å². The van der Waals surface area contributed by atoms with Crippen LogP contribution in [0.5, 0.6) is 0 Å². The van der Waals surface area contributed by atoms with Crippen LogP contribution >= 0.6 is 0 Å². The maximum absolute atomic E-state index is 12.0. The fraction of sp³-hybridized carbons (Fsp3) is 0.818. The van der Waals surface area contributed by atoms with Gasteiger partial charge in [-0.05, 0) is 25.8 Å².